The Bertz CT molecular complexity index is 920. The van der Waals surface area contributed by atoms with Gasteiger partial charge in [0.25, 0.3) is 11.6 Å². The molecule has 0 saturated heterocycles. The summed E-state index contributed by atoms with van der Waals surface area (Å²) in [6.07, 6.45) is -5.54. The van der Waals surface area contributed by atoms with Gasteiger partial charge in [0.1, 0.15) is 12.3 Å². The predicted molar refractivity (Wildman–Crippen MR) is 96.0 cm³/mol. The van der Waals surface area contributed by atoms with Crippen LogP contribution in [0.4, 0.5) is 24.5 Å². The molecule has 2 N–H and O–H groups in total. The van der Waals surface area contributed by atoms with E-state index in [1.54, 1.807) is 24.3 Å². The molecule has 154 valence electrons. The summed E-state index contributed by atoms with van der Waals surface area (Å²) in [6, 6.07) is 9.09. The second kappa shape index (κ2) is 8.25. The van der Waals surface area contributed by atoms with E-state index in [-0.39, 0.29) is 25.4 Å². The van der Waals surface area contributed by atoms with E-state index in [9.17, 15) is 28.1 Å². The average molecular weight is 411 g/mol. The number of para-hydroxylation sites is 2. The van der Waals surface area contributed by atoms with E-state index < -0.39 is 34.4 Å². The van der Waals surface area contributed by atoms with Crippen molar-refractivity contribution in [2.75, 3.05) is 25.0 Å². The van der Waals surface area contributed by atoms with Crippen molar-refractivity contribution in [2.45, 2.75) is 12.3 Å². The van der Waals surface area contributed by atoms with Crippen molar-refractivity contribution in [2.24, 2.45) is 0 Å². The number of nitro benzene ring substituents is 1. The fourth-order valence-corrected chi connectivity index (χ4v) is 2.65. The van der Waals surface area contributed by atoms with Gasteiger partial charge in [0, 0.05) is 19.2 Å². The summed E-state index contributed by atoms with van der Waals surface area (Å²) in [5.74, 6) is 0.536. The van der Waals surface area contributed by atoms with Crippen molar-refractivity contribution >= 4 is 17.3 Å². The molecule has 0 unspecified atom stereocenters. The number of hydrogen-bond acceptors (Lipinski definition) is 6. The van der Waals surface area contributed by atoms with Crippen LogP contribution in [-0.2, 0) is 11.0 Å². The van der Waals surface area contributed by atoms with E-state index in [2.05, 4.69) is 10.6 Å². The maximum Gasteiger partial charge on any atom is 0.416 e. The van der Waals surface area contributed by atoms with Gasteiger partial charge in [-0.2, -0.15) is 13.2 Å². The van der Waals surface area contributed by atoms with Crippen LogP contribution in [0.5, 0.6) is 11.5 Å². The summed E-state index contributed by atoms with van der Waals surface area (Å²) in [4.78, 5) is 22.3. The number of fused-ring (bicyclic) bond motifs is 1. The number of ether oxygens (including phenoxy) is 2. The highest BCUT2D eigenvalue weighted by Crippen LogP contribution is 2.35. The second-order valence-corrected chi connectivity index (χ2v) is 6.07. The van der Waals surface area contributed by atoms with Crippen molar-refractivity contribution < 1.29 is 32.4 Å². The molecule has 1 aliphatic heterocycles. The third kappa shape index (κ3) is 4.86. The van der Waals surface area contributed by atoms with E-state index >= 15 is 0 Å². The average Bonchev–Trinajstić information content (AvgIpc) is 2.69. The van der Waals surface area contributed by atoms with Gasteiger partial charge >= 0.3 is 6.18 Å². The summed E-state index contributed by atoms with van der Waals surface area (Å²) < 4.78 is 49.1. The van der Waals surface area contributed by atoms with Crippen molar-refractivity contribution in [1.82, 2.24) is 5.32 Å². The minimum atomic E-state index is -4.68. The highest BCUT2D eigenvalue weighted by atomic mass is 19.4. The molecule has 0 saturated carbocycles. The Morgan fingerprint density at radius 1 is 1.17 bits per heavy atom. The highest BCUT2D eigenvalue weighted by molar-refractivity contribution is 5.81. The smallest absolute Gasteiger partial charge is 0.416 e. The molecule has 1 atom stereocenters. The Morgan fingerprint density at radius 3 is 2.59 bits per heavy atom. The maximum atomic E-state index is 12.7. The molecule has 2 aromatic carbocycles. The van der Waals surface area contributed by atoms with Gasteiger partial charge in [-0.15, -0.1) is 0 Å². The molecule has 0 aromatic heterocycles. The lowest BCUT2D eigenvalue weighted by atomic mass is 10.1. The zero-order valence-electron chi connectivity index (χ0n) is 14.9. The number of carbonyl (C=O) groups is 1. The molecule has 3 rings (SSSR count). The summed E-state index contributed by atoms with van der Waals surface area (Å²) in [5.41, 5.74) is -1.90. The molecular weight excluding hydrogens is 395 g/mol. The van der Waals surface area contributed by atoms with Gasteiger partial charge in [-0.05, 0) is 24.3 Å². The van der Waals surface area contributed by atoms with Gasteiger partial charge in [-0.25, -0.2) is 0 Å². The van der Waals surface area contributed by atoms with Crippen LogP contribution in [0.1, 0.15) is 5.56 Å². The minimum Gasteiger partial charge on any atom is -0.485 e. The monoisotopic (exact) mass is 411 g/mol. The molecule has 1 amide bonds. The molecular formula is C18H16F3N3O5. The van der Waals surface area contributed by atoms with Crippen LogP contribution < -0.4 is 20.1 Å². The first kappa shape index (κ1) is 20.2. The Labute approximate surface area is 162 Å². The van der Waals surface area contributed by atoms with E-state index in [4.69, 9.17) is 9.47 Å². The number of nitrogens with one attached hydrogen (secondary N) is 2. The number of rotatable bonds is 6. The Morgan fingerprint density at radius 2 is 1.90 bits per heavy atom. The van der Waals surface area contributed by atoms with Gasteiger partial charge in [0.15, 0.2) is 11.5 Å². The summed E-state index contributed by atoms with van der Waals surface area (Å²) >= 11 is 0. The maximum absolute atomic E-state index is 12.7. The molecule has 0 bridgehead atoms. The largest absolute Gasteiger partial charge is 0.485 e. The lowest BCUT2D eigenvalue weighted by Crippen LogP contribution is -2.45. The van der Waals surface area contributed by atoms with E-state index in [1.807, 2.05) is 0 Å². The van der Waals surface area contributed by atoms with E-state index in [1.165, 1.54) is 0 Å². The molecule has 29 heavy (non-hydrogen) atoms. The fraction of sp³-hybridized carbons (Fsp3) is 0.278. The number of amides is 1. The second-order valence-electron chi connectivity index (χ2n) is 6.07. The zero-order valence-corrected chi connectivity index (χ0v) is 14.9. The van der Waals surface area contributed by atoms with Crippen LogP contribution in [0.2, 0.25) is 0 Å². The van der Waals surface area contributed by atoms with Gasteiger partial charge in [0.2, 0.25) is 6.10 Å². The number of carbonyl (C=O) groups excluding carboxylic acids is 1. The number of halogens is 3. The van der Waals surface area contributed by atoms with Gasteiger partial charge in [-0.1, -0.05) is 12.1 Å². The lowest BCUT2D eigenvalue weighted by molar-refractivity contribution is -0.384. The Hall–Kier alpha value is -3.50. The first-order valence-electron chi connectivity index (χ1n) is 8.51. The van der Waals surface area contributed by atoms with Gasteiger partial charge in [-0.3, -0.25) is 14.9 Å². The van der Waals surface area contributed by atoms with Crippen molar-refractivity contribution in [3.8, 4) is 11.5 Å². The summed E-state index contributed by atoms with van der Waals surface area (Å²) in [5, 5.41) is 16.3. The molecule has 1 heterocycles. The van der Waals surface area contributed by atoms with Crippen molar-refractivity contribution in [1.29, 1.82) is 0 Å². The molecule has 0 spiro atoms. The highest BCUT2D eigenvalue weighted by Gasteiger charge is 2.33. The van der Waals surface area contributed by atoms with Crippen LogP contribution in [0.25, 0.3) is 0 Å². The quantitative estimate of drug-likeness (QED) is 0.430. The molecule has 2 aromatic rings. The Balaban J connectivity index is 1.53. The minimum absolute atomic E-state index is 0.0284. The third-order valence-corrected chi connectivity index (χ3v) is 4.06. The van der Waals surface area contributed by atoms with Crippen LogP contribution in [0, 0.1) is 10.1 Å². The lowest BCUT2D eigenvalue weighted by Gasteiger charge is -2.25. The number of hydrogen-bond donors (Lipinski definition) is 2. The van der Waals surface area contributed by atoms with Crippen molar-refractivity contribution in [3.63, 3.8) is 0 Å². The molecule has 11 heteroatoms. The fourth-order valence-electron chi connectivity index (χ4n) is 2.65. The Kier molecular flexibility index (Phi) is 5.76. The van der Waals surface area contributed by atoms with Crippen LogP contribution in [0.3, 0.4) is 0 Å². The molecule has 0 aliphatic carbocycles. The number of nitro groups is 1. The van der Waals surface area contributed by atoms with Crippen molar-refractivity contribution in [3.05, 3.63) is 58.1 Å². The van der Waals surface area contributed by atoms with Crippen LogP contribution in [-0.4, -0.2) is 36.6 Å². The number of anilines is 1. The van der Waals surface area contributed by atoms with E-state index in [0.717, 1.165) is 12.1 Å². The first-order valence-corrected chi connectivity index (χ1v) is 8.51. The normalized spacial score (nSPS) is 15.5. The first-order chi connectivity index (χ1) is 13.8. The van der Waals surface area contributed by atoms with Crippen LogP contribution in [0.15, 0.2) is 42.5 Å². The van der Waals surface area contributed by atoms with Gasteiger partial charge < -0.3 is 20.1 Å². The molecule has 0 radical (unpaired) electrons. The third-order valence-electron chi connectivity index (χ3n) is 4.06. The van der Waals surface area contributed by atoms with Crippen LogP contribution >= 0.6 is 0 Å². The summed E-state index contributed by atoms with van der Waals surface area (Å²) in [6.45, 7) is 0.154. The number of nitrogens with zero attached hydrogens (tertiary/aromatic N) is 1. The predicted octanol–water partition coefficient (Wildman–Crippen LogP) is 2.98. The standard InChI is InChI=1S/C18H16F3N3O5/c19-18(20,21)11-5-6-12(13(9-11)24(26)27)22-7-8-23-17(25)16-10-28-14-3-1-2-4-15(14)29-16/h1-6,9,16,22H,7-8,10H2,(H,23,25)/t16-/m0/s1. The summed E-state index contributed by atoms with van der Waals surface area (Å²) in [7, 11) is 0. The van der Waals surface area contributed by atoms with Gasteiger partial charge in [0.05, 0.1) is 10.5 Å². The number of benzene rings is 2. The zero-order chi connectivity index (χ0) is 21.0. The SMILES string of the molecule is O=C(NCCNc1ccc(C(F)(F)F)cc1[N+](=O)[O-])[C@@H]1COc2ccccc2O1. The van der Waals surface area contributed by atoms with E-state index in [0.29, 0.717) is 17.6 Å². The molecule has 0 fully saturated rings. The molecule has 8 nitrogen and oxygen atoms in total. The topological polar surface area (TPSA) is 103 Å². The number of alkyl halides is 3. The molecule has 1 aliphatic rings.